The summed E-state index contributed by atoms with van der Waals surface area (Å²) in [6, 6.07) is 10.7. The zero-order valence-electron chi connectivity index (χ0n) is 16.7. The number of ether oxygens (including phenoxy) is 1. The molecule has 0 radical (unpaired) electrons. The smallest absolute Gasteiger partial charge is 0.111 e. The number of thioether (sulfide) groups is 1. The van der Waals surface area contributed by atoms with E-state index in [2.05, 4.69) is 40.9 Å². The second-order valence-corrected chi connectivity index (χ2v) is 7.38. The lowest BCUT2D eigenvalue weighted by atomic mass is 10.0. The molecule has 0 spiro atoms. The lowest BCUT2D eigenvalue weighted by molar-refractivity contribution is -0.0680. The molecule has 0 amide bonds. The molecule has 0 aromatic heterocycles. The van der Waals surface area contributed by atoms with Crippen molar-refractivity contribution in [3.8, 4) is 0 Å². The lowest BCUT2D eigenvalue weighted by Gasteiger charge is -2.37. The first-order valence-electron chi connectivity index (χ1n) is 9.56. The van der Waals surface area contributed by atoms with Gasteiger partial charge in [0, 0.05) is 20.2 Å². The van der Waals surface area contributed by atoms with Gasteiger partial charge in [0.15, 0.2) is 0 Å². The summed E-state index contributed by atoms with van der Waals surface area (Å²) < 4.78 is 5.80. The molecule has 5 nitrogen and oxygen atoms in total. The minimum absolute atomic E-state index is 0.00931. The fourth-order valence-corrected chi connectivity index (χ4v) is 3.71. The molecule has 1 rings (SSSR count). The van der Waals surface area contributed by atoms with E-state index in [-0.39, 0.29) is 12.3 Å². The predicted molar refractivity (Wildman–Crippen MR) is 112 cm³/mol. The third-order valence-electron chi connectivity index (χ3n) is 4.58. The molecule has 0 fully saturated rings. The number of hydrogen-bond acceptors (Lipinski definition) is 6. The van der Waals surface area contributed by atoms with Crippen LogP contribution in [0.4, 0.5) is 0 Å². The summed E-state index contributed by atoms with van der Waals surface area (Å²) in [4.78, 5) is 7.58. The summed E-state index contributed by atoms with van der Waals surface area (Å²) in [5.74, 6) is 1.25. The molecular formula is C20H37N3O2S. The van der Waals surface area contributed by atoms with Gasteiger partial charge in [0.05, 0.1) is 13.2 Å². The average Bonchev–Trinajstić information content (AvgIpc) is 2.68. The monoisotopic (exact) mass is 383 g/mol. The first kappa shape index (κ1) is 23.4. The molecule has 0 aliphatic heterocycles. The van der Waals surface area contributed by atoms with Crippen molar-refractivity contribution in [1.82, 2.24) is 10.4 Å². The van der Waals surface area contributed by atoms with Crippen molar-refractivity contribution in [2.24, 2.45) is 5.73 Å². The van der Waals surface area contributed by atoms with Gasteiger partial charge in [0.25, 0.3) is 0 Å². The van der Waals surface area contributed by atoms with Gasteiger partial charge in [0.1, 0.15) is 6.23 Å². The van der Waals surface area contributed by atoms with Gasteiger partial charge in [-0.1, -0.05) is 43.2 Å². The van der Waals surface area contributed by atoms with Gasteiger partial charge < -0.3 is 15.3 Å². The van der Waals surface area contributed by atoms with Gasteiger partial charge in [0.2, 0.25) is 0 Å². The van der Waals surface area contributed by atoms with E-state index in [9.17, 15) is 0 Å². The molecule has 0 heterocycles. The van der Waals surface area contributed by atoms with E-state index in [1.54, 1.807) is 14.2 Å². The highest BCUT2D eigenvalue weighted by Gasteiger charge is 2.26. The van der Waals surface area contributed by atoms with Gasteiger partial charge in [-0.15, -0.1) is 0 Å². The van der Waals surface area contributed by atoms with Crippen LogP contribution in [0.5, 0.6) is 0 Å². The number of methoxy groups -OCH3 is 1. The second-order valence-electron chi connectivity index (χ2n) is 6.39. The van der Waals surface area contributed by atoms with Gasteiger partial charge in [-0.3, -0.25) is 4.90 Å². The minimum atomic E-state index is 0.00931. The SMILES string of the molecule is CONCC(c1ccccc1)N(CCCCCCSC)C(CCN)OC. The second kappa shape index (κ2) is 15.4. The molecule has 2 atom stereocenters. The predicted octanol–water partition coefficient (Wildman–Crippen LogP) is 3.43. The van der Waals surface area contributed by atoms with Crippen molar-refractivity contribution in [2.45, 2.75) is 44.4 Å². The van der Waals surface area contributed by atoms with Crippen molar-refractivity contribution < 1.29 is 9.57 Å². The van der Waals surface area contributed by atoms with Crippen LogP contribution in [0.1, 0.15) is 43.7 Å². The van der Waals surface area contributed by atoms with Crippen molar-refractivity contribution in [1.29, 1.82) is 0 Å². The van der Waals surface area contributed by atoms with E-state index in [1.165, 1.54) is 30.6 Å². The van der Waals surface area contributed by atoms with E-state index in [1.807, 2.05) is 17.8 Å². The van der Waals surface area contributed by atoms with Gasteiger partial charge in [-0.25, -0.2) is 5.48 Å². The zero-order chi connectivity index (χ0) is 19.0. The maximum atomic E-state index is 5.84. The topological polar surface area (TPSA) is 59.8 Å². The third-order valence-corrected chi connectivity index (χ3v) is 5.27. The summed E-state index contributed by atoms with van der Waals surface area (Å²) >= 11 is 1.93. The Kier molecular flexibility index (Phi) is 13.9. The Morgan fingerprint density at radius 2 is 1.85 bits per heavy atom. The number of nitrogens with one attached hydrogen (secondary N) is 1. The van der Waals surface area contributed by atoms with Crippen LogP contribution < -0.4 is 11.2 Å². The fraction of sp³-hybridized carbons (Fsp3) is 0.700. The molecule has 0 saturated heterocycles. The number of hydroxylamine groups is 1. The normalized spacial score (nSPS) is 13.9. The summed E-state index contributed by atoms with van der Waals surface area (Å²) in [7, 11) is 3.43. The molecule has 1 aromatic carbocycles. The van der Waals surface area contributed by atoms with Crippen molar-refractivity contribution in [3.63, 3.8) is 0 Å². The highest BCUT2D eigenvalue weighted by atomic mass is 32.2. The number of benzene rings is 1. The van der Waals surface area contributed by atoms with Crippen LogP contribution in [-0.4, -0.2) is 57.0 Å². The van der Waals surface area contributed by atoms with E-state index in [4.69, 9.17) is 15.3 Å². The largest absolute Gasteiger partial charge is 0.366 e. The number of hydrogen-bond donors (Lipinski definition) is 2. The Morgan fingerprint density at radius 3 is 2.46 bits per heavy atom. The van der Waals surface area contributed by atoms with Crippen molar-refractivity contribution in [2.75, 3.05) is 45.9 Å². The molecule has 0 saturated carbocycles. The van der Waals surface area contributed by atoms with Crippen LogP contribution in [-0.2, 0) is 9.57 Å². The number of nitrogens with two attached hydrogens (primary N) is 1. The van der Waals surface area contributed by atoms with Crippen LogP contribution in [0.25, 0.3) is 0 Å². The van der Waals surface area contributed by atoms with Crippen LogP contribution in [0.2, 0.25) is 0 Å². The summed E-state index contributed by atoms with van der Waals surface area (Å²) in [6.07, 6.45) is 7.99. The Bertz CT molecular complexity index is 436. The van der Waals surface area contributed by atoms with E-state index in [0.717, 1.165) is 19.4 Å². The molecular weight excluding hydrogens is 346 g/mol. The maximum Gasteiger partial charge on any atom is 0.111 e. The zero-order valence-corrected chi connectivity index (χ0v) is 17.5. The van der Waals surface area contributed by atoms with Gasteiger partial charge in [-0.2, -0.15) is 11.8 Å². The van der Waals surface area contributed by atoms with Crippen molar-refractivity contribution >= 4 is 11.8 Å². The van der Waals surface area contributed by atoms with E-state index >= 15 is 0 Å². The van der Waals surface area contributed by atoms with Crippen LogP contribution in [0.3, 0.4) is 0 Å². The van der Waals surface area contributed by atoms with Crippen LogP contribution in [0, 0.1) is 0 Å². The molecule has 0 bridgehead atoms. The van der Waals surface area contributed by atoms with Crippen LogP contribution in [0.15, 0.2) is 30.3 Å². The number of rotatable bonds is 16. The summed E-state index contributed by atoms with van der Waals surface area (Å²) in [6.45, 7) is 2.31. The minimum Gasteiger partial charge on any atom is -0.366 e. The summed E-state index contributed by atoms with van der Waals surface area (Å²) in [5.41, 5.74) is 10.1. The average molecular weight is 384 g/mol. The van der Waals surface area contributed by atoms with Crippen molar-refractivity contribution in [3.05, 3.63) is 35.9 Å². The quantitative estimate of drug-likeness (QED) is 0.259. The molecule has 150 valence electrons. The highest BCUT2D eigenvalue weighted by Crippen LogP contribution is 2.25. The Hall–Kier alpha value is -0.630. The molecule has 6 heteroatoms. The Labute approximate surface area is 163 Å². The first-order valence-corrected chi connectivity index (χ1v) is 11.0. The number of nitrogens with zero attached hydrogens (tertiary/aromatic N) is 1. The molecule has 0 aliphatic carbocycles. The standard InChI is InChI=1S/C20H37N3O2S/c1-24-20(13-14-21)23(15-9-4-5-10-16-26-3)19(17-22-25-2)18-11-7-6-8-12-18/h6-8,11-12,19-20,22H,4-5,9-10,13-17,21H2,1-3H3. The summed E-state index contributed by atoms with van der Waals surface area (Å²) in [5, 5.41) is 0. The van der Waals surface area contributed by atoms with E-state index in [0.29, 0.717) is 13.1 Å². The third kappa shape index (κ3) is 8.84. The van der Waals surface area contributed by atoms with E-state index < -0.39 is 0 Å². The molecule has 0 aliphatic rings. The maximum absolute atomic E-state index is 5.84. The molecule has 26 heavy (non-hydrogen) atoms. The van der Waals surface area contributed by atoms with Crippen LogP contribution >= 0.6 is 11.8 Å². The molecule has 3 N–H and O–H groups in total. The van der Waals surface area contributed by atoms with Gasteiger partial charge in [-0.05, 0) is 43.4 Å². The lowest BCUT2D eigenvalue weighted by Crippen LogP contribution is -2.44. The Morgan fingerprint density at radius 1 is 1.12 bits per heavy atom. The molecule has 2 unspecified atom stereocenters. The highest BCUT2D eigenvalue weighted by molar-refractivity contribution is 7.98. The van der Waals surface area contributed by atoms with Gasteiger partial charge >= 0.3 is 0 Å². The first-order chi connectivity index (χ1) is 12.8. The number of unbranched alkanes of at least 4 members (excludes halogenated alkanes) is 3. The fourth-order valence-electron chi connectivity index (χ4n) is 3.22. The molecule has 1 aromatic rings. The Balaban J connectivity index is 2.82.